The summed E-state index contributed by atoms with van der Waals surface area (Å²) in [4.78, 5) is 46.2. The molecule has 0 aliphatic rings. The molecule has 170 valence electrons. The molecular formula is C22H25N3O7. The Hall–Kier alpha value is -3.69. The molecule has 0 N–H and O–H groups in total. The summed E-state index contributed by atoms with van der Waals surface area (Å²) in [5.41, 5.74) is 0.183. The van der Waals surface area contributed by atoms with Crippen molar-refractivity contribution in [2.24, 2.45) is 0 Å². The monoisotopic (exact) mass is 443 g/mol. The number of carbonyl (C=O) groups excluding carboxylic acids is 2. The van der Waals surface area contributed by atoms with Gasteiger partial charge in [-0.05, 0) is 32.4 Å². The SMILES string of the molecule is CCOC(=O)CCCn1c(C(=O)OCC)nc2nc3cc(OC)c(OC)cc3cc2c1=O. The molecule has 2 heterocycles. The highest BCUT2D eigenvalue weighted by molar-refractivity contribution is 5.94. The second-order valence-corrected chi connectivity index (χ2v) is 6.78. The van der Waals surface area contributed by atoms with Crippen molar-refractivity contribution < 1.29 is 28.5 Å². The molecule has 10 heteroatoms. The molecule has 0 atom stereocenters. The second-order valence-electron chi connectivity index (χ2n) is 6.78. The van der Waals surface area contributed by atoms with E-state index in [-0.39, 0.29) is 49.0 Å². The number of ether oxygens (including phenoxy) is 4. The van der Waals surface area contributed by atoms with Gasteiger partial charge >= 0.3 is 11.9 Å². The minimum Gasteiger partial charge on any atom is -0.493 e. The highest BCUT2D eigenvalue weighted by Gasteiger charge is 2.20. The molecule has 0 bridgehead atoms. The lowest BCUT2D eigenvalue weighted by molar-refractivity contribution is -0.143. The smallest absolute Gasteiger partial charge is 0.374 e. The number of esters is 2. The summed E-state index contributed by atoms with van der Waals surface area (Å²) in [5, 5.41) is 0.880. The van der Waals surface area contributed by atoms with Crippen LogP contribution in [0.3, 0.4) is 0 Å². The van der Waals surface area contributed by atoms with Gasteiger partial charge in [0.25, 0.3) is 5.56 Å². The van der Waals surface area contributed by atoms with Crippen molar-refractivity contribution in [3.63, 3.8) is 0 Å². The molecule has 0 saturated carbocycles. The number of hydrogen-bond donors (Lipinski definition) is 0. The molecule has 0 aliphatic carbocycles. The predicted molar refractivity (Wildman–Crippen MR) is 116 cm³/mol. The topological polar surface area (TPSA) is 119 Å². The Morgan fingerprint density at radius 3 is 2.31 bits per heavy atom. The Bertz CT molecular complexity index is 1220. The summed E-state index contributed by atoms with van der Waals surface area (Å²) in [6.07, 6.45) is 0.401. The first kappa shape index (κ1) is 23.0. The van der Waals surface area contributed by atoms with Crippen LogP contribution in [0.15, 0.2) is 23.0 Å². The van der Waals surface area contributed by atoms with Gasteiger partial charge in [0.2, 0.25) is 5.82 Å². The van der Waals surface area contributed by atoms with Gasteiger partial charge in [-0.15, -0.1) is 0 Å². The molecular weight excluding hydrogens is 418 g/mol. The van der Waals surface area contributed by atoms with Crippen LogP contribution in [0.2, 0.25) is 0 Å². The molecule has 0 saturated heterocycles. The summed E-state index contributed by atoms with van der Waals surface area (Å²) in [7, 11) is 3.03. The quantitative estimate of drug-likeness (QED) is 0.363. The van der Waals surface area contributed by atoms with E-state index in [1.807, 2.05) is 0 Å². The summed E-state index contributed by atoms with van der Waals surface area (Å²) in [5.74, 6) is -0.310. The standard InChI is InChI=1S/C22H25N3O7/c1-5-31-18(26)8-7-9-25-20(22(28)32-6-2)24-19-14(21(25)27)10-13-11-16(29-3)17(30-4)12-15(13)23-19/h10-12H,5-9H2,1-4H3. The van der Waals surface area contributed by atoms with E-state index in [2.05, 4.69) is 9.97 Å². The third-order valence-electron chi connectivity index (χ3n) is 4.77. The van der Waals surface area contributed by atoms with E-state index in [1.54, 1.807) is 32.0 Å². The van der Waals surface area contributed by atoms with Crippen LogP contribution < -0.4 is 15.0 Å². The average molecular weight is 443 g/mol. The maximum atomic E-state index is 13.3. The van der Waals surface area contributed by atoms with Crippen molar-refractivity contribution in [2.75, 3.05) is 27.4 Å². The van der Waals surface area contributed by atoms with Gasteiger partial charge < -0.3 is 18.9 Å². The van der Waals surface area contributed by atoms with Crippen LogP contribution in [0, 0.1) is 0 Å². The maximum Gasteiger partial charge on any atom is 0.374 e. The number of carbonyl (C=O) groups is 2. The van der Waals surface area contributed by atoms with Crippen LogP contribution in [-0.4, -0.2) is 53.9 Å². The summed E-state index contributed by atoms with van der Waals surface area (Å²) >= 11 is 0. The summed E-state index contributed by atoms with van der Waals surface area (Å²) in [6.45, 7) is 3.87. The van der Waals surface area contributed by atoms with Gasteiger partial charge in [-0.25, -0.2) is 14.8 Å². The Balaban J connectivity index is 2.14. The molecule has 3 aromatic rings. The normalized spacial score (nSPS) is 10.9. The lowest BCUT2D eigenvalue weighted by Gasteiger charge is -2.13. The number of fused-ring (bicyclic) bond motifs is 2. The molecule has 0 aliphatic heterocycles. The Labute approximate surface area is 184 Å². The zero-order valence-electron chi connectivity index (χ0n) is 18.5. The van der Waals surface area contributed by atoms with Crippen molar-refractivity contribution in [1.29, 1.82) is 0 Å². The van der Waals surface area contributed by atoms with Gasteiger partial charge in [-0.3, -0.25) is 14.2 Å². The second kappa shape index (κ2) is 10.1. The first-order valence-electron chi connectivity index (χ1n) is 10.2. The van der Waals surface area contributed by atoms with Gasteiger partial charge in [0.15, 0.2) is 17.1 Å². The molecule has 0 fully saturated rings. The van der Waals surface area contributed by atoms with Crippen molar-refractivity contribution in [2.45, 2.75) is 33.2 Å². The van der Waals surface area contributed by atoms with Crippen LogP contribution in [0.1, 0.15) is 37.3 Å². The number of rotatable bonds is 9. The van der Waals surface area contributed by atoms with E-state index in [0.29, 0.717) is 28.8 Å². The number of hydrogen-bond acceptors (Lipinski definition) is 9. The Kier molecular flexibility index (Phi) is 7.24. The van der Waals surface area contributed by atoms with Crippen LogP contribution in [0.4, 0.5) is 0 Å². The molecule has 0 amide bonds. The lowest BCUT2D eigenvalue weighted by atomic mass is 10.1. The van der Waals surface area contributed by atoms with E-state index in [9.17, 15) is 14.4 Å². The summed E-state index contributed by atoms with van der Waals surface area (Å²) < 4.78 is 21.8. The minimum absolute atomic E-state index is 0.0959. The van der Waals surface area contributed by atoms with Crippen LogP contribution in [0.25, 0.3) is 21.9 Å². The fourth-order valence-electron chi connectivity index (χ4n) is 3.31. The van der Waals surface area contributed by atoms with Gasteiger partial charge in [0.05, 0.1) is 38.3 Å². The van der Waals surface area contributed by atoms with E-state index >= 15 is 0 Å². The molecule has 0 radical (unpaired) electrons. The van der Waals surface area contributed by atoms with Gasteiger partial charge in [0.1, 0.15) is 0 Å². The molecule has 2 aromatic heterocycles. The number of methoxy groups -OCH3 is 2. The van der Waals surface area contributed by atoms with Crippen molar-refractivity contribution in [1.82, 2.24) is 14.5 Å². The summed E-state index contributed by atoms with van der Waals surface area (Å²) in [6, 6.07) is 5.03. The van der Waals surface area contributed by atoms with E-state index in [0.717, 1.165) is 0 Å². The number of pyridine rings is 1. The molecule has 0 spiro atoms. The highest BCUT2D eigenvalue weighted by atomic mass is 16.5. The van der Waals surface area contributed by atoms with Crippen molar-refractivity contribution in [3.8, 4) is 11.5 Å². The predicted octanol–water partition coefficient (Wildman–Crippen LogP) is 2.48. The minimum atomic E-state index is -0.739. The van der Waals surface area contributed by atoms with E-state index in [4.69, 9.17) is 18.9 Å². The maximum absolute atomic E-state index is 13.3. The van der Waals surface area contributed by atoms with E-state index in [1.165, 1.54) is 18.8 Å². The zero-order valence-corrected chi connectivity index (χ0v) is 18.5. The highest BCUT2D eigenvalue weighted by Crippen LogP contribution is 2.32. The zero-order chi connectivity index (χ0) is 23.3. The Morgan fingerprint density at radius 1 is 0.969 bits per heavy atom. The lowest BCUT2D eigenvalue weighted by Crippen LogP contribution is -2.29. The van der Waals surface area contributed by atoms with Crippen LogP contribution >= 0.6 is 0 Å². The van der Waals surface area contributed by atoms with Crippen molar-refractivity contribution >= 4 is 33.9 Å². The third kappa shape index (κ3) is 4.63. The van der Waals surface area contributed by atoms with E-state index < -0.39 is 11.5 Å². The largest absolute Gasteiger partial charge is 0.493 e. The molecule has 0 unspecified atom stereocenters. The fraction of sp³-hybridized carbons (Fsp3) is 0.409. The number of nitrogens with zero attached hydrogens (tertiary/aromatic N) is 3. The number of benzene rings is 1. The van der Waals surface area contributed by atoms with Crippen LogP contribution in [-0.2, 0) is 20.8 Å². The van der Waals surface area contributed by atoms with Gasteiger partial charge in [0, 0.05) is 24.4 Å². The molecule has 10 nitrogen and oxygen atoms in total. The third-order valence-corrected chi connectivity index (χ3v) is 4.77. The first-order chi connectivity index (χ1) is 15.4. The van der Waals surface area contributed by atoms with Gasteiger partial charge in [-0.1, -0.05) is 0 Å². The Morgan fingerprint density at radius 2 is 1.66 bits per heavy atom. The first-order valence-corrected chi connectivity index (χ1v) is 10.2. The fourth-order valence-corrected chi connectivity index (χ4v) is 3.31. The molecule has 3 rings (SSSR count). The molecule has 1 aromatic carbocycles. The average Bonchev–Trinajstić information content (AvgIpc) is 2.78. The van der Waals surface area contributed by atoms with Crippen LogP contribution in [0.5, 0.6) is 11.5 Å². The number of aromatic nitrogens is 3. The van der Waals surface area contributed by atoms with Crippen molar-refractivity contribution in [3.05, 3.63) is 34.4 Å². The van der Waals surface area contributed by atoms with Gasteiger partial charge in [-0.2, -0.15) is 0 Å². The molecule has 32 heavy (non-hydrogen) atoms.